The summed E-state index contributed by atoms with van der Waals surface area (Å²) in [6, 6.07) is 0. The van der Waals surface area contributed by atoms with E-state index in [9.17, 15) is 4.79 Å². The number of aliphatic hydroxyl groups excluding tert-OH is 1. The van der Waals surface area contributed by atoms with Gasteiger partial charge in [-0.2, -0.15) is 0 Å². The molecule has 0 amide bonds. The van der Waals surface area contributed by atoms with E-state index in [0.717, 1.165) is 0 Å². The Labute approximate surface area is 71.8 Å². The maximum absolute atomic E-state index is 10.7. The number of esters is 1. The quantitative estimate of drug-likeness (QED) is 0.353. The Balaban J connectivity index is 3.14. The molecule has 0 bridgehead atoms. The summed E-state index contributed by atoms with van der Waals surface area (Å²) in [5, 5.41) is 8.32. The molecule has 4 heteroatoms. The molecule has 0 saturated carbocycles. The number of ether oxygens (including phenoxy) is 2. The van der Waals surface area contributed by atoms with Crippen LogP contribution < -0.4 is 0 Å². The first kappa shape index (κ1) is 11.1. The smallest absolute Gasteiger partial charge is 0.330 e. The molecule has 0 fully saturated rings. The Morgan fingerprint density at radius 2 is 2.17 bits per heavy atom. The Bertz CT molecular complexity index is 142. The lowest BCUT2D eigenvalue weighted by atomic mass is 10.5. The van der Waals surface area contributed by atoms with E-state index in [1.54, 1.807) is 13.0 Å². The maximum Gasteiger partial charge on any atom is 0.330 e. The van der Waals surface area contributed by atoms with Crippen LogP contribution in [0.5, 0.6) is 0 Å². The van der Waals surface area contributed by atoms with E-state index < -0.39 is 0 Å². The van der Waals surface area contributed by atoms with Gasteiger partial charge < -0.3 is 14.6 Å². The molecule has 70 valence electrons. The normalized spacial score (nSPS) is 10.5. The monoisotopic (exact) mass is 174 g/mol. The van der Waals surface area contributed by atoms with Crippen LogP contribution in [0.3, 0.4) is 0 Å². The number of carbonyl (C=O) groups excluding carboxylic acids is 1. The molecule has 0 spiro atoms. The van der Waals surface area contributed by atoms with Crippen molar-refractivity contribution in [3.8, 4) is 0 Å². The molecule has 0 saturated heterocycles. The number of carbonyl (C=O) groups is 1. The molecule has 0 heterocycles. The highest BCUT2D eigenvalue weighted by Gasteiger charge is 1.94. The molecule has 12 heavy (non-hydrogen) atoms. The third-order valence-corrected chi connectivity index (χ3v) is 1.01. The Morgan fingerprint density at radius 1 is 1.42 bits per heavy atom. The lowest BCUT2D eigenvalue weighted by Crippen LogP contribution is -2.10. The molecule has 0 atom stereocenters. The number of hydrogen-bond acceptors (Lipinski definition) is 4. The summed E-state index contributed by atoms with van der Waals surface area (Å²) in [7, 11) is 0. The van der Waals surface area contributed by atoms with Gasteiger partial charge in [0.1, 0.15) is 6.61 Å². The Morgan fingerprint density at radius 3 is 2.75 bits per heavy atom. The Hall–Kier alpha value is -0.870. The van der Waals surface area contributed by atoms with Crippen LogP contribution in [-0.2, 0) is 14.3 Å². The molecule has 0 unspecified atom stereocenters. The molecule has 0 aromatic carbocycles. The molecule has 0 aromatic rings. The zero-order valence-electron chi connectivity index (χ0n) is 7.16. The predicted octanol–water partition coefficient (Wildman–Crippen LogP) is 0.115. The maximum atomic E-state index is 10.7. The third-order valence-electron chi connectivity index (χ3n) is 1.01. The van der Waals surface area contributed by atoms with Crippen molar-refractivity contribution in [2.45, 2.75) is 6.92 Å². The van der Waals surface area contributed by atoms with Crippen molar-refractivity contribution in [2.24, 2.45) is 0 Å². The zero-order chi connectivity index (χ0) is 9.23. The minimum Gasteiger partial charge on any atom is -0.460 e. The zero-order valence-corrected chi connectivity index (χ0v) is 7.16. The van der Waals surface area contributed by atoms with Gasteiger partial charge in [-0.15, -0.1) is 0 Å². The van der Waals surface area contributed by atoms with Crippen molar-refractivity contribution in [1.82, 2.24) is 0 Å². The van der Waals surface area contributed by atoms with Crippen molar-refractivity contribution < 1.29 is 19.4 Å². The summed E-state index contributed by atoms with van der Waals surface area (Å²) in [6.07, 6.45) is 2.95. The van der Waals surface area contributed by atoms with Crippen molar-refractivity contribution in [3.63, 3.8) is 0 Å². The van der Waals surface area contributed by atoms with Gasteiger partial charge in [0.2, 0.25) is 0 Å². The van der Waals surface area contributed by atoms with Crippen LogP contribution in [0.1, 0.15) is 6.92 Å². The summed E-state index contributed by atoms with van der Waals surface area (Å²) in [5.41, 5.74) is 0. The molecule has 1 N–H and O–H groups in total. The highest BCUT2D eigenvalue weighted by molar-refractivity contribution is 5.81. The number of rotatable bonds is 6. The molecule has 0 aliphatic heterocycles. The van der Waals surface area contributed by atoms with E-state index in [1.807, 2.05) is 0 Å². The van der Waals surface area contributed by atoms with Crippen LogP contribution in [0.2, 0.25) is 0 Å². The molecule has 0 aliphatic carbocycles. The van der Waals surface area contributed by atoms with Gasteiger partial charge in [0.25, 0.3) is 0 Å². The third kappa shape index (κ3) is 7.24. The minimum atomic E-state index is -0.370. The van der Waals surface area contributed by atoms with Crippen molar-refractivity contribution >= 4 is 5.97 Å². The number of hydrogen-bond donors (Lipinski definition) is 1. The summed E-state index contributed by atoms with van der Waals surface area (Å²) in [5.74, 6) is -0.370. The van der Waals surface area contributed by atoms with Crippen molar-refractivity contribution in [2.75, 3.05) is 26.4 Å². The van der Waals surface area contributed by atoms with Gasteiger partial charge in [-0.3, -0.25) is 0 Å². The molecular formula is C8H14O4. The average Bonchev–Trinajstić information content (AvgIpc) is 2.05. The van der Waals surface area contributed by atoms with Crippen LogP contribution in [0.15, 0.2) is 12.2 Å². The highest BCUT2D eigenvalue weighted by Crippen LogP contribution is 1.82. The minimum absolute atomic E-state index is 0.0111. The van der Waals surface area contributed by atoms with Gasteiger partial charge in [0, 0.05) is 6.08 Å². The van der Waals surface area contributed by atoms with Gasteiger partial charge in [-0.1, -0.05) is 6.08 Å². The average molecular weight is 174 g/mol. The topological polar surface area (TPSA) is 55.8 Å². The van der Waals surface area contributed by atoms with E-state index in [4.69, 9.17) is 14.6 Å². The van der Waals surface area contributed by atoms with Crippen LogP contribution >= 0.6 is 0 Å². The summed E-state index contributed by atoms with van der Waals surface area (Å²) >= 11 is 0. The molecule has 0 aromatic heterocycles. The van der Waals surface area contributed by atoms with Gasteiger partial charge >= 0.3 is 5.97 Å². The van der Waals surface area contributed by atoms with Crippen LogP contribution in [-0.4, -0.2) is 37.5 Å². The SMILES string of the molecule is C/C=C/C(=O)OCCOCCO. The second-order valence-corrected chi connectivity index (χ2v) is 2.00. The van der Waals surface area contributed by atoms with Crippen molar-refractivity contribution in [1.29, 1.82) is 0 Å². The summed E-state index contributed by atoms with van der Waals surface area (Å²) < 4.78 is 9.56. The summed E-state index contributed by atoms with van der Waals surface area (Å²) in [6.45, 7) is 2.56. The first-order valence-corrected chi connectivity index (χ1v) is 3.79. The number of aliphatic hydroxyl groups is 1. The van der Waals surface area contributed by atoms with E-state index in [-0.39, 0.29) is 25.8 Å². The molecule has 0 rings (SSSR count). The van der Waals surface area contributed by atoms with E-state index >= 15 is 0 Å². The second kappa shape index (κ2) is 8.23. The van der Waals surface area contributed by atoms with E-state index in [0.29, 0.717) is 6.61 Å². The fraction of sp³-hybridized carbons (Fsp3) is 0.625. The van der Waals surface area contributed by atoms with Crippen LogP contribution in [0.25, 0.3) is 0 Å². The molecule has 4 nitrogen and oxygen atoms in total. The summed E-state index contributed by atoms with van der Waals surface area (Å²) in [4.78, 5) is 10.7. The van der Waals surface area contributed by atoms with Crippen LogP contribution in [0.4, 0.5) is 0 Å². The standard InChI is InChI=1S/C8H14O4/c1-2-3-8(10)12-7-6-11-5-4-9/h2-3,9H,4-7H2,1H3/b3-2+. The van der Waals surface area contributed by atoms with Gasteiger partial charge in [-0.25, -0.2) is 4.79 Å². The fourth-order valence-electron chi connectivity index (χ4n) is 0.552. The Kier molecular flexibility index (Phi) is 7.63. The first-order chi connectivity index (χ1) is 5.81. The van der Waals surface area contributed by atoms with Gasteiger partial charge in [0.15, 0.2) is 0 Å². The lowest BCUT2D eigenvalue weighted by molar-refractivity contribution is -0.139. The van der Waals surface area contributed by atoms with Crippen molar-refractivity contribution in [3.05, 3.63) is 12.2 Å². The number of allylic oxidation sites excluding steroid dienone is 1. The predicted molar refractivity (Wildman–Crippen MR) is 43.7 cm³/mol. The molecular weight excluding hydrogens is 160 g/mol. The van der Waals surface area contributed by atoms with Crippen LogP contribution in [0, 0.1) is 0 Å². The van der Waals surface area contributed by atoms with E-state index in [1.165, 1.54) is 6.08 Å². The molecule has 0 aliphatic rings. The molecule has 0 radical (unpaired) electrons. The van der Waals surface area contributed by atoms with Gasteiger partial charge in [-0.05, 0) is 6.92 Å². The fourth-order valence-corrected chi connectivity index (χ4v) is 0.552. The largest absolute Gasteiger partial charge is 0.460 e. The van der Waals surface area contributed by atoms with Gasteiger partial charge in [0.05, 0.1) is 19.8 Å². The second-order valence-electron chi connectivity index (χ2n) is 2.00. The first-order valence-electron chi connectivity index (χ1n) is 3.79. The highest BCUT2D eigenvalue weighted by atomic mass is 16.6. The van der Waals surface area contributed by atoms with E-state index in [2.05, 4.69) is 0 Å². The lowest BCUT2D eigenvalue weighted by Gasteiger charge is -2.01.